The molecule has 2 rings (SSSR count). The maximum Gasteiger partial charge on any atom is 0.264 e. The van der Waals surface area contributed by atoms with Gasteiger partial charge in [0.1, 0.15) is 11.0 Å². The number of sulfonamides is 1. The van der Waals surface area contributed by atoms with Crippen LogP contribution in [-0.4, -0.2) is 13.4 Å². The van der Waals surface area contributed by atoms with Crippen molar-refractivity contribution in [2.45, 2.75) is 4.90 Å². The van der Waals surface area contributed by atoms with Crippen molar-refractivity contribution in [2.24, 2.45) is 0 Å². The minimum Gasteiger partial charge on any atom is -0.280 e. The molecule has 0 aliphatic carbocycles. The van der Waals surface area contributed by atoms with Gasteiger partial charge in [-0.1, -0.05) is 11.6 Å². The van der Waals surface area contributed by atoms with Crippen LogP contribution in [-0.2, 0) is 10.0 Å². The molecule has 0 fully saturated rings. The molecule has 0 spiro atoms. The number of rotatable bonds is 3. The van der Waals surface area contributed by atoms with E-state index < -0.39 is 10.0 Å². The van der Waals surface area contributed by atoms with E-state index >= 15 is 0 Å². The molecule has 1 aromatic carbocycles. The summed E-state index contributed by atoms with van der Waals surface area (Å²) in [5.41, 5.74) is 0.209. The zero-order valence-corrected chi connectivity index (χ0v) is 11.1. The van der Waals surface area contributed by atoms with Crippen LogP contribution in [0.4, 0.5) is 5.69 Å². The number of hydrogen-bond donors (Lipinski definition) is 1. The third-order valence-electron chi connectivity index (χ3n) is 2.26. The standard InChI is InChI=1S/C12H8ClN3O2S/c13-9-3-5-10(6-4-9)16-19(17,18)12-2-1-7-15-11(12)8-14/h1-7,16H. The zero-order valence-electron chi connectivity index (χ0n) is 9.54. The predicted octanol–water partition coefficient (Wildman–Crippen LogP) is 2.41. The van der Waals surface area contributed by atoms with E-state index in [0.717, 1.165) is 0 Å². The average molecular weight is 294 g/mol. The van der Waals surface area contributed by atoms with Crippen LogP contribution in [0, 0.1) is 11.3 Å². The third kappa shape index (κ3) is 3.02. The number of hydrogen-bond acceptors (Lipinski definition) is 4. The number of nitrogens with one attached hydrogen (secondary N) is 1. The van der Waals surface area contributed by atoms with Crippen LogP contribution >= 0.6 is 11.6 Å². The lowest BCUT2D eigenvalue weighted by molar-refractivity contribution is 0.600. The van der Waals surface area contributed by atoms with Gasteiger partial charge in [0.05, 0.1) is 0 Å². The van der Waals surface area contributed by atoms with Crippen LogP contribution in [0.3, 0.4) is 0 Å². The summed E-state index contributed by atoms with van der Waals surface area (Å²) in [5.74, 6) is 0. The van der Waals surface area contributed by atoms with Gasteiger partial charge in [-0.3, -0.25) is 4.72 Å². The summed E-state index contributed by atoms with van der Waals surface area (Å²) in [6, 6.07) is 10.7. The van der Waals surface area contributed by atoms with Crippen LogP contribution in [0.2, 0.25) is 5.02 Å². The van der Waals surface area contributed by atoms with Crippen LogP contribution in [0.5, 0.6) is 0 Å². The molecule has 0 saturated heterocycles. The molecule has 0 aliphatic rings. The molecule has 0 unspecified atom stereocenters. The lowest BCUT2D eigenvalue weighted by atomic mass is 10.3. The molecule has 2 aromatic rings. The smallest absolute Gasteiger partial charge is 0.264 e. The molecule has 19 heavy (non-hydrogen) atoms. The van der Waals surface area contributed by atoms with E-state index in [4.69, 9.17) is 16.9 Å². The Labute approximate surface area is 115 Å². The SMILES string of the molecule is N#Cc1ncccc1S(=O)(=O)Nc1ccc(Cl)cc1. The number of anilines is 1. The van der Waals surface area contributed by atoms with Gasteiger partial charge >= 0.3 is 0 Å². The topological polar surface area (TPSA) is 82.8 Å². The molecule has 5 nitrogen and oxygen atoms in total. The van der Waals surface area contributed by atoms with Crippen molar-refractivity contribution in [2.75, 3.05) is 4.72 Å². The second kappa shape index (κ2) is 5.26. The van der Waals surface area contributed by atoms with Crippen molar-refractivity contribution in [3.8, 4) is 6.07 Å². The summed E-state index contributed by atoms with van der Waals surface area (Å²) < 4.78 is 26.6. The first-order valence-corrected chi connectivity index (χ1v) is 7.02. The number of nitrogens with zero attached hydrogens (tertiary/aromatic N) is 2. The zero-order chi connectivity index (χ0) is 13.9. The predicted molar refractivity (Wildman–Crippen MR) is 71.2 cm³/mol. The Kier molecular flexibility index (Phi) is 3.69. The second-order valence-corrected chi connectivity index (χ2v) is 5.66. The first-order valence-electron chi connectivity index (χ1n) is 5.16. The summed E-state index contributed by atoms with van der Waals surface area (Å²) in [4.78, 5) is 3.56. The van der Waals surface area contributed by atoms with Gasteiger partial charge in [-0.2, -0.15) is 5.26 Å². The molecule has 1 N–H and O–H groups in total. The lowest BCUT2D eigenvalue weighted by Gasteiger charge is -2.08. The number of benzene rings is 1. The highest BCUT2D eigenvalue weighted by Gasteiger charge is 2.19. The van der Waals surface area contributed by atoms with E-state index in [-0.39, 0.29) is 10.6 Å². The van der Waals surface area contributed by atoms with E-state index in [1.54, 1.807) is 18.2 Å². The molecule has 0 saturated carbocycles. The van der Waals surface area contributed by atoms with Gasteiger partial charge in [0.25, 0.3) is 10.0 Å². The highest BCUT2D eigenvalue weighted by molar-refractivity contribution is 7.92. The molecule has 0 atom stereocenters. The Bertz CT molecular complexity index is 736. The molecule has 0 amide bonds. The average Bonchev–Trinajstić information content (AvgIpc) is 2.41. The van der Waals surface area contributed by atoms with Crippen LogP contribution < -0.4 is 4.72 Å². The molecule has 1 aromatic heterocycles. The van der Waals surface area contributed by atoms with Crippen molar-refractivity contribution >= 4 is 27.3 Å². The monoisotopic (exact) mass is 293 g/mol. The van der Waals surface area contributed by atoms with Gasteiger partial charge in [-0.25, -0.2) is 13.4 Å². The molecule has 0 aliphatic heterocycles. The Morgan fingerprint density at radius 3 is 2.53 bits per heavy atom. The van der Waals surface area contributed by atoms with Gasteiger partial charge in [-0.15, -0.1) is 0 Å². The minimum atomic E-state index is -3.85. The van der Waals surface area contributed by atoms with E-state index in [2.05, 4.69) is 9.71 Å². The lowest BCUT2D eigenvalue weighted by Crippen LogP contribution is -2.14. The van der Waals surface area contributed by atoms with Gasteiger partial charge in [0, 0.05) is 16.9 Å². The molecular weight excluding hydrogens is 286 g/mol. The summed E-state index contributed by atoms with van der Waals surface area (Å²) in [7, 11) is -3.85. The maximum absolute atomic E-state index is 12.1. The Morgan fingerprint density at radius 2 is 1.89 bits per heavy atom. The number of pyridine rings is 1. The summed E-state index contributed by atoms with van der Waals surface area (Å²) in [5, 5.41) is 9.36. The van der Waals surface area contributed by atoms with E-state index in [0.29, 0.717) is 10.7 Å². The number of halogens is 1. The van der Waals surface area contributed by atoms with Crippen LogP contribution in [0.1, 0.15) is 5.69 Å². The fraction of sp³-hybridized carbons (Fsp3) is 0. The summed E-state index contributed by atoms with van der Waals surface area (Å²) >= 11 is 5.72. The molecule has 0 bridgehead atoms. The van der Waals surface area contributed by atoms with E-state index in [1.807, 2.05) is 0 Å². The Balaban J connectivity index is 2.38. The highest BCUT2D eigenvalue weighted by atomic mass is 35.5. The summed E-state index contributed by atoms with van der Waals surface area (Å²) in [6.07, 6.45) is 1.36. The molecule has 1 heterocycles. The molecular formula is C12H8ClN3O2S. The molecule has 0 radical (unpaired) electrons. The normalized spacial score (nSPS) is 10.7. The van der Waals surface area contributed by atoms with Gasteiger partial charge in [0.15, 0.2) is 5.69 Å². The van der Waals surface area contributed by atoms with Crippen molar-refractivity contribution in [3.05, 3.63) is 53.3 Å². The third-order valence-corrected chi connectivity index (χ3v) is 3.93. The second-order valence-electron chi connectivity index (χ2n) is 3.57. The quantitative estimate of drug-likeness (QED) is 0.942. The highest BCUT2D eigenvalue weighted by Crippen LogP contribution is 2.19. The van der Waals surface area contributed by atoms with Crippen molar-refractivity contribution in [1.29, 1.82) is 5.26 Å². The first-order chi connectivity index (χ1) is 9.03. The van der Waals surface area contributed by atoms with Crippen molar-refractivity contribution in [3.63, 3.8) is 0 Å². The molecule has 7 heteroatoms. The van der Waals surface area contributed by atoms with Crippen molar-refractivity contribution < 1.29 is 8.42 Å². The number of nitriles is 1. The number of aromatic nitrogens is 1. The van der Waals surface area contributed by atoms with Gasteiger partial charge in [-0.05, 0) is 36.4 Å². The minimum absolute atomic E-state index is 0.149. The van der Waals surface area contributed by atoms with Crippen LogP contribution in [0.25, 0.3) is 0 Å². The largest absolute Gasteiger partial charge is 0.280 e. The van der Waals surface area contributed by atoms with Gasteiger partial charge in [0.2, 0.25) is 0 Å². The van der Waals surface area contributed by atoms with E-state index in [1.165, 1.54) is 30.5 Å². The van der Waals surface area contributed by atoms with Gasteiger partial charge < -0.3 is 0 Å². The first kappa shape index (κ1) is 13.3. The fourth-order valence-corrected chi connectivity index (χ4v) is 2.71. The van der Waals surface area contributed by atoms with Crippen LogP contribution in [0.15, 0.2) is 47.5 Å². The molecule has 96 valence electrons. The van der Waals surface area contributed by atoms with Crippen molar-refractivity contribution in [1.82, 2.24) is 4.98 Å². The van der Waals surface area contributed by atoms with E-state index in [9.17, 15) is 8.42 Å². The Hall–Kier alpha value is -2.10. The maximum atomic E-state index is 12.1. The summed E-state index contributed by atoms with van der Waals surface area (Å²) in [6.45, 7) is 0. The Morgan fingerprint density at radius 1 is 1.21 bits per heavy atom. The fourth-order valence-electron chi connectivity index (χ4n) is 1.42.